The van der Waals surface area contributed by atoms with Crippen LogP contribution in [0.2, 0.25) is 5.02 Å². The number of nitrogens with zero attached hydrogens (tertiary/aromatic N) is 3. The first-order valence-corrected chi connectivity index (χ1v) is 9.83. The van der Waals surface area contributed by atoms with Crippen LogP contribution in [0.3, 0.4) is 0 Å². The first-order valence-electron chi connectivity index (χ1n) is 9.45. The van der Waals surface area contributed by atoms with E-state index in [9.17, 15) is 0 Å². The fourth-order valence-corrected chi connectivity index (χ4v) is 2.79. The Bertz CT molecular complexity index is 921. The van der Waals surface area contributed by atoms with Crippen molar-refractivity contribution in [2.45, 2.75) is 12.8 Å². The number of rotatable bonds is 9. The molecule has 0 saturated heterocycles. The van der Waals surface area contributed by atoms with E-state index in [0.717, 1.165) is 30.2 Å². The standard InChI is InChI=1S/C21H24ClN5O2.HI/c1-23-21(24-12-6-14-28-18-9-3-2-4-10-18)25-13-11-19-26-20(27-29-19)16-7-5-8-17(22)15-16;/h2-5,7-10,15H,6,11-14H2,1H3,(H2,23,24,25);1H. The monoisotopic (exact) mass is 541 g/mol. The molecule has 0 aliphatic heterocycles. The summed E-state index contributed by atoms with van der Waals surface area (Å²) in [5.41, 5.74) is 0.829. The lowest BCUT2D eigenvalue weighted by Gasteiger charge is -2.11. The maximum Gasteiger partial charge on any atom is 0.228 e. The Labute approximate surface area is 198 Å². The molecule has 0 aliphatic rings. The summed E-state index contributed by atoms with van der Waals surface area (Å²) in [5.74, 6) is 2.69. The molecule has 0 atom stereocenters. The highest BCUT2D eigenvalue weighted by atomic mass is 127. The van der Waals surface area contributed by atoms with Crippen LogP contribution in [0.4, 0.5) is 0 Å². The molecule has 9 heteroatoms. The molecule has 7 nitrogen and oxygen atoms in total. The molecular weight excluding hydrogens is 517 g/mol. The minimum atomic E-state index is 0. The largest absolute Gasteiger partial charge is 0.494 e. The molecule has 0 amide bonds. The predicted molar refractivity (Wildman–Crippen MR) is 130 cm³/mol. The van der Waals surface area contributed by atoms with E-state index < -0.39 is 0 Å². The summed E-state index contributed by atoms with van der Waals surface area (Å²) >= 11 is 6.00. The van der Waals surface area contributed by atoms with Crippen molar-refractivity contribution >= 4 is 41.5 Å². The number of aliphatic imine (C=N–C) groups is 1. The third kappa shape index (κ3) is 7.83. The zero-order valence-corrected chi connectivity index (χ0v) is 19.8. The summed E-state index contributed by atoms with van der Waals surface area (Å²) in [6, 6.07) is 17.1. The highest BCUT2D eigenvalue weighted by molar-refractivity contribution is 14.0. The first-order chi connectivity index (χ1) is 14.2. The number of hydrogen-bond acceptors (Lipinski definition) is 5. The van der Waals surface area contributed by atoms with Crippen LogP contribution in [-0.4, -0.2) is 42.8 Å². The minimum absolute atomic E-state index is 0. The number of para-hydroxylation sites is 1. The molecule has 0 radical (unpaired) electrons. The van der Waals surface area contributed by atoms with Gasteiger partial charge in [-0.15, -0.1) is 24.0 Å². The van der Waals surface area contributed by atoms with Gasteiger partial charge >= 0.3 is 0 Å². The summed E-state index contributed by atoms with van der Waals surface area (Å²) in [6.45, 7) is 2.02. The normalized spacial score (nSPS) is 10.9. The quantitative estimate of drug-likeness (QED) is 0.183. The van der Waals surface area contributed by atoms with Crippen molar-refractivity contribution in [3.05, 3.63) is 65.5 Å². The van der Waals surface area contributed by atoms with Gasteiger partial charge in [0.2, 0.25) is 11.7 Å². The lowest BCUT2D eigenvalue weighted by atomic mass is 10.2. The highest BCUT2D eigenvalue weighted by Crippen LogP contribution is 2.19. The van der Waals surface area contributed by atoms with E-state index in [1.165, 1.54) is 0 Å². The Kier molecular flexibility index (Phi) is 10.4. The van der Waals surface area contributed by atoms with E-state index in [1.54, 1.807) is 7.05 Å². The van der Waals surface area contributed by atoms with Gasteiger partial charge in [-0.2, -0.15) is 4.98 Å². The molecule has 0 aliphatic carbocycles. The lowest BCUT2D eigenvalue weighted by molar-refractivity contribution is 0.311. The van der Waals surface area contributed by atoms with Crippen LogP contribution < -0.4 is 15.4 Å². The predicted octanol–water partition coefficient (Wildman–Crippen LogP) is 4.18. The SMILES string of the molecule is CN=C(NCCCOc1ccccc1)NCCc1nc(-c2cccc(Cl)c2)no1.I. The zero-order valence-electron chi connectivity index (χ0n) is 16.7. The lowest BCUT2D eigenvalue weighted by Crippen LogP contribution is -2.39. The van der Waals surface area contributed by atoms with Gasteiger partial charge in [0.1, 0.15) is 5.75 Å². The molecule has 3 rings (SSSR count). The third-order valence-electron chi connectivity index (χ3n) is 4.03. The average molecular weight is 542 g/mol. The van der Waals surface area contributed by atoms with Crippen molar-refractivity contribution in [3.63, 3.8) is 0 Å². The molecule has 1 aromatic heterocycles. The molecule has 0 unspecified atom stereocenters. The molecule has 0 bridgehead atoms. The number of halogens is 2. The van der Waals surface area contributed by atoms with E-state index >= 15 is 0 Å². The van der Waals surface area contributed by atoms with Crippen molar-refractivity contribution in [1.29, 1.82) is 0 Å². The molecule has 3 aromatic rings. The molecule has 1 heterocycles. The molecule has 2 N–H and O–H groups in total. The van der Waals surface area contributed by atoms with Crippen molar-refractivity contribution in [2.24, 2.45) is 4.99 Å². The second-order valence-corrected chi connectivity index (χ2v) is 6.65. The highest BCUT2D eigenvalue weighted by Gasteiger charge is 2.09. The topological polar surface area (TPSA) is 84.6 Å². The van der Waals surface area contributed by atoms with E-state index in [0.29, 0.717) is 36.3 Å². The number of ether oxygens (including phenoxy) is 1. The summed E-state index contributed by atoms with van der Waals surface area (Å²) in [6.07, 6.45) is 1.45. The average Bonchev–Trinajstić information content (AvgIpc) is 3.22. The number of aromatic nitrogens is 2. The van der Waals surface area contributed by atoms with Gasteiger partial charge in [-0.25, -0.2) is 0 Å². The van der Waals surface area contributed by atoms with Gasteiger partial charge in [0, 0.05) is 37.1 Å². The van der Waals surface area contributed by atoms with Crippen LogP contribution in [0, 0.1) is 0 Å². The van der Waals surface area contributed by atoms with Gasteiger partial charge in [-0.1, -0.05) is 47.1 Å². The van der Waals surface area contributed by atoms with Crippen LogP contribution in [0.1, 0.15) is 12.3 Å². The fraction of sp³-hybridized carbons (Fsp3) is 0.286. The Balaban J connectivity index is 0.00000320. The third-order valence-corrected chi connectivity index (χ3v) is 4.27. The van der Waals surface area contributed by atoms with Gasteiger partial charge in [0.15, 0.2) is 5.96 Å². The Morgan fingerprint density at radius 2 is 1.90 bits per heavy atom. The first kappa shape index (κ1) is 23.9. The Morgan fingerprint density at radius 3 is 2.67 bits per heavy atom. The van der Waals surface area contributed by atoms with Crippen LogP contribution in [0.15, 0.2) is 64.1 Å². The molecule has 2 aromatic carbocycles. The molecule has 0 fully saturated rings. The van der Waals surface area contributed by atoms with Crippen LogP contribution in [0.5, 0.6) is 5.75 Å². The van der Waals surface area contributed by atoms with Crippen LogP contribution >= 0.6 is 35.6 Å². The van der Waals surface area contributed by atoms with Crippen molar-refractivity contribution in [2.75, 3.05) is 26.7 Å². The Hall–Kier alpha value is -2.33. The van der Waals surface area contributed by atoms with E-state index in [-0.39, 0.29) is 24.0 Å². The fourth-order valence-electron chi connectivity index (χ4n) is 2.60. The number of guanidine groups is 1. The second-order valence-electron chi connectivity index (χ2n) is 6.21. The minimum Gasteiger partial charge on any atom is -0.494 e. The van der Waals surface area contributed by atoms with Gasteiger partial charge < -0.3 is 19.9 Å². The van der Waals surface area contributed by atoms with Crippen molar-refractivity contribution in [1.82, 2.24) is 20.8 Å². The maximum atomic E-state index is 6.00. The zero-order chi connectivity index (χ0) is 20.3. The smallest absolute Gasteiger partial charge is 0.228 e. The molecule has 0 spiro atoms. The van der Waals surface area contributed by atoms with Gasteiger partial charge in [0.05, 0.1) is 6.61 Å². The van der Waals surface area contributed by atoms with Crippen molar-refractivity contribution < 1.29 is 9.26 Å². The van der Waals surface area contributed by atoms with E-state index in [1.807, 2.05) is 54.6 Å². The van der Waals surface area contributed by atoms with E-state index in [2.05, 4.69) is 25.8 Å². The van der Waals surface area contributed by atoms with Gasteiger partial charge in [0.25, 0.3) is 0 Å². The molecule has 30 heavy (non-hydrogen) atoms. The van der Waals surface area contributed by atoms with Crippen molar-refractivity contribution in [3.8, 4) is 17.1 Å². The number of nitrogens with one attached hydrogen (secondary N) is 2. The number of benzene rings is 2. The van der Waals surface area contributed by atoms with Crippen LogP contribution in [-0.2, 0) is 6.42 Å². The molecule has 160 valence electrons. The summed E-state index contributed by atoms with van der Waals surface area (Å²) in [4.78, 5) is 8.62. The van der Waals surface area contributed by atoms with Gasteiger partial charge in [-0.3, -0.25) is 4.99 Å². The van der Waals surface area contributed by atoms with E-state index in [4.69, 9.17) is 20.9 Å². The number of hydrogen-bond donors (Lipinski definition) is 2. The van der Waals surface area contributed by atoms with Gasteiger partial charge in [-0.05, 0) is 30.7 Å². The summed E-state index contributed by atoms with van der Waals surface area (Å²) < 4.78 is 11.0. The molecule has 0 saturated carbocycles. The van der Waals surface area contributed by atoms with Crippen LogP contribution in [0.25, 0.3) is 11.4 Å². The molecular formula is C21H25ClIN5O2. The second kappa shape index (κ2) is 13.1. The maximum absolute atomic E-state index is 6.00. The Morgan fingerprint density at radius 1 is 1.10 bits per heavy atom. The summed E-state index contributed by atoms with van der Waals surface area (Å²) in [7, 11) is 1.74. The summed E-state index contributed by atoms with van der Waals surface area (Å²) in [5, 5.41) is 11.1.